The van der Waals surface area contributed by atoms with Crippen LogP contribution in [0.1, 0.15) is 29.2 Å². The molecule has 7 heteroatoms. The smallest absolute Gasteiger partial charge is 0.234 e. The summed E-state index contributed by atoms with van der Waals surface area (Å²) in [7, 11) is 0. The summed E-state index contributed by atoms with van der Waals surface area (Å²) < 4.78 is 5.38. The summed E-state index contributed by atoms with van der Waals surface area (Å²) in [6.45, 7) is 3.92. The minimum Gasteiger partial charge on any atom is -0.469 e. The van der Waals surface area contributed by atoms with Crippen LogP contribution in [-0.4, -0.2) is 17.6 Å². The molecule has 0 fully saturated rings. The Hall–Kier alpha value is -2.98. The SMILES string of the molecule is Cc1ccc(NC(=O)CSC2=C(C#N)[C@@H](c3ccco3)CC(=O)N2)c(C)c1. The Morgan fingerprint density at radius 3 is 2.89 bits per heavy atom. The number of aryl methyl sites for hydroxylation is 2. The van der Waals surface area contributed by atoms with Gasteiger partial charge in [0.15, 0.2) is 0 Å². The molecule has 3 rings (SSSR count). The molecule has 138 valence electrons. The molecule has 0 saturated carbocycles. The second-order valence-corrected chi connectivity index (χ2v) is 7.32. The van der Waals surface area contributed by atoms with Crippen LogP contribution in [0.2, 0.25) is 0 Å². The second kappa shape index (κ2) is 8.14. The number of hydrogen-bond acceptors (Lipinski definition) is 5. The highest BCUT2D eigenvalue weighted by Crippen LogP contribution is 2.36. The van der Waals surface area contributed by atoms with Crippen molar-refractivity contribution in [2.45, 2.75) is 26.2 Å². The van der Waals surface area contributed by atoms with Gasteiger partial charge in [-0.05, 0) is 37.6 Å². The average Bonchev–Trinajstić information content (AvgIpc) is 3.16. The van der Waals surface area contributed by atoms with Crippen molar-refractivity contribution >= 4 is 29.3 Å². The van der Waals surface area contributed by atoms with Gasteiger partial charge in [0.1, 0.15) is 5.76 Å². The van der Waals surface area contributed by atoms with E-state index < -0.39 is 5.92 Å². The Balaban J connectivity index is 1.72. The highest BCUT2D eigenvalue weighted by Gasteiger charge is 2.31. The zero-order chi connectivity index (χ0) is 19.4. The number of carbonyl (C=O) groups is 2. The highest BCUT2D eigenvalue weighted by molar-refractivity contribution is 8.03. The summed E-state index contributed by atoms with van der Waals surface area (Å²) in [5.41, 5.74) is 3.27. The Kier molecular flexibility index (Phi) is 5.67. The van der Waals surface area contributed by atoms with E-state index in [0.717, 1.165) is 28.6 Å². The molecule has 6 nitrogen and oxygen atoms in total. The lowest BCUT2D eigenvalue weighted by atomic mass is 9.92. The first-order chi connectivity index (χ1) is 13.0. The summed E-state index contributed by atoms with van der Waals surface area (Å²) in [5.74, 6) is -0.180. The number of benzene rings is 1. The number of anilines is 1. The van der Waals surface area contributed by atoms with E-state index in [-0.39, 0.29) is 24.0 Å². The van der Waals surface area contributed by atoms with Crippen molar-refractivity contribution in [2.24, 2.45) is 0 Å². The Bertz CT molecular complexity index is 942. The third-order valence-corrected chi connectivity index (χ3v) is 5.26. The predicted octanol–water partition coefficient (Wildman–Crippen LogP) is 3.61. The van der Waals surface area contributed by atoms with Gasteiger partial charge in [-0.1, -0.05) is 29.5 Å². The van der Waals surface area contributed by atoms with Crippen molar-refractivity contribution in [1.29, 1.82) is 5.26 Å². The van der Waals surface area contributed by atoms with Gasteiger partial charge in [0, 0.05) is 12.1 Å². The lowest BCUT2D eigenvalue weighted by molar-refractivity contribution is -0.121. The fourth-order valence-corrected chi connectivity index (χ4v) is 3.82. The van der Waals surface area contributed by atoms with Crippen molar-refractivity contribution in [2.75, 3.05) is 11.1 Å². The maximum atomic E-state index is 12.3. The van der Waals surface area contributed by atoms with E-state index in [4.69, 9.17) is 4.42 Å². The molecule has 1 aromatic carbocycles. The molecule has 1 aliphatic rings. The van der Waals surface area contributed by atoms with Crippen LogP contribution >= 0.6 is 11.8 Å². The number of nitrogens with zero attached hydrogens (tertiary/aromatic N) is 1. The number of thioether (sulfide) groups is 1. The topological polar surface area (TPSA) is 95.1 Å². The largest absolute Gasteiger partial charge is 0.469 e. The number of amides is 2. The maximum absolute atomic E-state index is 12.3. The van der Waals surface area contributed by atoms with Crippen LogP contribution in [0, 0.1) is 25.2 Å². The van der Waals surface area contributed by atoms with Gasteiger partial charge >= 0.3 is 0 Å². The Morgan fingerprint density at radius 2 is 2.22 bits per heavy atom. The third kappa shape index (κ3) is 4.41. The summed E-state index contributed by atoms with van der Waals surface area (Å²) >= 11 is 1.14. The molecule has 2 amide bonds. The van der Waals surface area contributed by atoms with Gasteiger partial charge in [0.25, 0.3) is 0 Å². The maximum Gasteiger partial charge on any atom is 0.234 e. The minimum atomic E-state index is -0.427. The lowest BCUT2D eigenvalue weighted by Crippen LogP contribution is -2.31. The van der Waals surface area contributed by atoms with Crippen LogP contribution in [-0.2, 0) is 9.59 Å². The van der Waals surface area contributed by atoms with Gasteiger partial charge in [-0.3, -0.25) is 9.59 Å². The molecule has 0 aliphatic carbocycles. The molecule has 2 heterocycles. The zero-order valence-electron chi connectivity index (χ0n) is 15.0. The number of rotatable bonds is 5. The predicted molar refractivity (Wildman–Crippen MR) is 104 cm³/mol. The molecule has 27 heavy (non-hydrogen) atoms. The highest BCUT2D eigenvalue weighted by atomic mass is 32.2. The van der Waals surface area contributed by atoms with Gasteiger partial charge < -0.3 is 15.1 Å². The molecule has 0 saturated heterocycles. The van der Waals surface area contributed by atoms with E-state index in [1.54, 1.807) is 12.1 Å². The zero-order valence-corrected chi connectivity index (χ0v) is 15.9. The average molecular weight is 381 g/mol. The standard InChI is InChI=1S/C20H19N3O3S/c1-12-5-6-16(13(2)8-12)22-19(25)11-27-20-15(10-21)14(9-18(24)23-20)17-4-3-7-26-17/h3-8,14H,9,11H2,1-2H3,(H,22,25)(H,23,24)/t14-/m0/s1. The molecule has 1 aromatic heterocycles. The quantitative estimate of drug-likeness (QED) is 0.825. The Morgan fingerprint density at radius 1 is 1.41 bits per heavy atom. The van der Waals surface area contributed by atoms with E-state index >= 15 is 0 Å². The van der Waals surface area contributed by atoms with Crippen molar-refractivity contribution < 1.29 is 14.0 Å². The monoisotopic (exact) mass is 381 g/mol. The first-order valence-electron chi connectivity index (χ1n) is 8.45. The summed E-state index contributed by atoms with van der Waals surface area (Å²) in [4.78, 5) is 24.4. The molecule has 0 unspecified atom stereocenters. The van der Waals surface area contributed by atoms with E-state index in [1.807, 2.05) is 32.0 Å². The normalized spacial score (nSPS) is 16.6. The van der Waals surface area contributed by atoms with Gasteiger partial charge in [-0.2, -0.15) is 5.26 Å². The van der Waals surface area contributed by atoms with Gasteiger partial charge in [0.05, 0.1) is 34.6 Å². The van der Waals surface area contributed by atoms with Crippen LogP contribution < -0.4 is 10.6 Å². The third-order valence-electron chi connectivity index (χ3n) is 4.25. The number of hydrogen-bond donors (Lipinski definition) is 2. The molecule has 1 atom stereocenters. The summed E-state index contributed by atoms with van der Waals surface area (Å²) in [6, 6.07) is 11.4. The fraction of sp³-hybridized carbons (Fsp3) is 0.250. The number of furan rings is 1. The number of nitrogens with one attached hydrogen (secondary N) is 2. The van der Waals surface area contributed by atoms with E-state index in [1.165, 1.54) is 6.26 Å². The van der Waals surface area contributed by atoms with Crippen molar-refractivity contribution in [3.63, 3.8) is 0 Å². The van der Waals surface area contributed by atoms with E-state index in [0.29, 0.717) is 16.4 Å². The summed E-state index contributed by atoms with van der Waals surface area (Å²) in [5, 5.41) is 15.5. The minimum absolute atomic E-state index is 0.0823. The molecule has 2 N–H and O–H groups in total. The number of nitriles is 1. The van der Waals surface area contributed by atoms with Crippen molar-refractivity contribution in [3.8, 4) is 6.07 Å². The van der Waals surface area contributed by atoms with Gasteiger partial charge in [-0.15, -0.1) is 0 Å². The van der Waals surface area contributed by atoms with Gasteiger partial charge in [-0.25, -0.2) is 0 Å². The number of allylic oxidation sites excluding steroid dienone is 1. The van der Waals surface area contributed by atoms with Crippen LogP contribution in [0.25, 0.3) is 0 Å². The van der Waals surface area contributed by atoms with Crippen molar-refractivity contribution in [3.05, 3.63) is 64.1 Å². The molecule has 2 aromatic rings. The Labute approximate surface area is 161 Å². The van der Waals surface area contributed by atoms with Crippen molar-refractivity contribution in [1.82, 2.24) is 5.32 Å². The lowest BCUT2D eigenvalue weighted by Gasteiger charge is -2.23. The first-order valence-corrected chi connectivity index (χ1v) is 9.44. The van der Waals surface area contributed by atoms with Crippen LogP contribution in [0.5, 0.6) is 0 Å². The molecule has 0 spiro atoms. The first kappa shape index (κ1) is 18.8. The van der Waals surface area contributed by atoms with Gasteiger partial charge in [0.2, 0.25) is 11.8 Å². The van der Waals surface area contributed by atoms with Crippen LogP contribution in [0.15, 0.2) is 51.6 Å². The second-order valence-electron chi connectivity index (χ2n) is 6.33. The van der Waals surface area contributed by atoms with E-state index in [9.17, 15) is 14.9 Å². The van der Waals surface area contributed by atoms with Crippen LogP contribution in [0.4, 0.5) is 5.69 Å². The summed E-state index contributed by atoms with van der Waals surface area (Å²) in [6.07, 6.45) is 1.66. The molecule has 0 radical (unpaired) electrons. The van der Waals surface area contributed by atoms with Crippen LogP contribution in [0.3, 0.4) is 0 Å². The fourth-order valence-electron chi connectivity index (χ4n) is 2.94. The van der Waals surface area contributed by atoms with E-state index in [2.05, 4.69) is 16.7 Å². The molecular weight excluding hydrogens is 362 g/mol. The molecule has 1 aliphatic heterocycles. The molecule has 0 bridgehead atoms. The number of carbonyl (C=O) groups excluding carboxylic acids is 2. The molecular formula is C20H19N3O3S.